The smallest absolute Gasteiger partial charge is 0.156 e. The van der Waals surface area contributed by atoms with Crippen LogP contribution in [0.2, 0.25) is 0 Å². The number of thioether (sulfide) groups is 1. The van der Waals surface area contributed by atoms with Crippen LogP contribution in [0.25, 0.3) is 0 Å². The summed E-state index contributed by atoms with van der Waals surface area (Å²) in [5.41, 5.74) is 0.668. The molecule has 5 heteroatoms. The summed E-state index contributed by atoms with van der Waals surface area (Å²) in [6.07, 6.45) is 0. The zero-order valence-electron chi connectivity index (χ0n) is 10.5. The molecule has 18 heavy (non-hydrogen) atoms. The molecule has 0 bridgehead atoms. The molecular formula is C13H16F2N2S. The number of halogens is 2. The lowest BCUT2D eigenvalue weighted by molar-refractivity contribution is 0.436. The van der Waals surface area contributed by atoms with Gasteiger partial charge in [0, 0.05) is 30.5 Å². The molecule has 0 saturated heterocycles. The van der Waals surface area contributed by atoms with Gasteiger partial charge in [-0.1, -0.05) is 31.7 Å². The van der Waals surface area contributed by atoms with Gasteiger partial charge in [0.2, 0.25) is 0 Å². The van der Waals surface area contributed by atoms with Crippen LogP contribution in [-0.2, 0) is 6.54 Å². The Labute approximate surface area is 110 Å². The van der Waals surface area contributed by atoms with Gasteiger partial charge in [0.15, 0.2) is 5.17 Å². The van der Waals surface area contributed by atoms with Crippen molar-refractivity contribution in [3.63, 3.8) is 0 Å². The highest BCUT2D eigenvalue weighted by atomic mass is 32.2. The number of benzene rings is 1. The molecule has 0 aromatic heterocycles. The maximum absolute atomic E-state index is 13.4. The van der Waals surface area contributed by atoms with Crippen LogP contribution in [0.4, 0.5) is 8.78 Å². The molecule has 2 nitrogen and oxygen atoms in total. The molecule has 1 aromatic rings. The zero-order valence-corrected chi connectivity index (χ0v) is 11.3. The van der Waals surface area contributed by atoms with E-state index in [0.717, 1.165) is 23.5 Å². The number of nitrogens with one attached hydrogen (secondary N) is 1. The predicted molar refractivity (Wildman–Crippen MR) is 71.7 cm³/mol. The number of nitrogens with zero attached hydrogens (tertiary/aromatic N) is 1. The highest BCUT2D eigenvalue weighted by Gasteiger charge is 2.23. The Bertz CT molecular complexity index is 472. The van der Waals surface area contributed by atoms with Crippen molar-refractivity contribution in [3.8, 4) is 0 Å². The van der Waals surface area contributed by atoms with E-state index in [0.29, 0.717) is 12.1 Å². The minimum Gasteiger partial charge on any atom is -0.361 e. The fraction of sp³-hybridized carbons (Fsp3) is 0.462. The second-order valence-electron chi connectivity index (χ2n) is 5.16. The molecule has 0 spiro atoms. The van der Waals surface area contributed by atoms with Crippen LogP contribution in [0.1, 0.15) is 19.4 Å². The lowest BCUT2D eigenvalue weighted by Gasteiger charge is -2.27. The molecule has 98 valence electrons. The quantitative estimate of drug-likeness (QED) is 0.892. The molecule has 0 saturated carbocycles. The van der Waals surface area contributed by atoms with Crippen molar-refractivity contribution >= 4 is 16.9 Å². The average molecular weight is 270 g/mol. The molecule has 0 fully saturated rings. The Hall–Kier alpha value is -1.10. The lowest BCUT2D eigenvalue weighted by Crippen LogP contribution is -2.31. The van der Waals surface area contributed by atoms with Crippen molar-refractivity contribution in [3.05, 3.63) is 35.4 Å². The lowest BCUT2D eigenvalue weighted by atomic mass is 9.97. The molecule has 0 aliphatic carbocycles. The Morgan fingerprint density at radius 2 is 2.17 bits per heavy atom. The summed E-state index contributed by atoms with van der Waals surface area (Å²) in [5.74, 6) is -0.0864. The predicted octanol–water partition coefficient (Wildman–Crippen LogP) is 3.18. The second kappa shape index (κ2) is 5.26. The molecule has 1 N–H and O–H groups in total. The van der Waals surface area contributed by atoms with Crippen LogP contribution in [0.3, 0.4) is 0 Å². The fourth-order valence-electron chi connectivity index (χ4n) is 1.58. The van der Waals surface area contributed by atoms with E-state index in [2.05, 4.69) is 24.2 Å². The van der Waals surface area contributed by atoms with Crippen molar-refractivity contribution < 1.29 is 8.78 Å². The van der Waals surface area contributed by atoms with Crippen LogP contribution >= 0.6 is 11.8 Å². The Kier molecular flexibility index (Phi) is 3.90. The summed E-state index contributed by atoms with van der Waals surface area (Å²) in [6.45, 7) is 5.44. The van der Waals surface area contributed by atoms with E-state index >= 15 is 0 Å². The van der Waals surface area contributed by atoms with E-state index in [-0.39, 0.29) is 5.41 Å². The summed E-state index contributed by atoms with van der Waals surface area (Å²) < 4.78 is 26.1. The zero-order chi connectivity index (χ0) is 13.2. The Morgan fingerprint density at radius 3 is 2.78 bits per heavy atom. The third-order valence-corrected chi connectivity index (χ3v) is 4.17. The summed E-state index contributed by atoms with van der Waals surface area (Å²) in [4.78, 5) is 4.42. The van der Waals surface area contributed by atoms with Crippen molar-refractivity contribution in [2.75, 3.05) is 12.3 Å². The molecule has 0 unspecified atom stereocenters. The van der Waals surface area contributed by atoms with E-state index in [1.54, 1.807) is 11.8 Å². The van der Waals surface area contributed by atoms with Crippen LogP contribution in [0.15, 0.2) is 23.2 Å². The number of aliphatic imine (C=N–C) groups is 1. The van der Waals surface area contributed by atoms with Gasteiger partial charge >= 0.3 is 0 Å². The number of hydrogen-bond acceptors (Lipinski definition) is 3. The van der Waals surface area contributed by atoms with E-state index in [4.69, 9.17) is 0 Å². The average Bonchev–Trinajstić information content (AvgIpc) is 2.29. The van der Waals surface area contributed by atoms with E-state index in [9.17, 15) is 8.78 Å². The first-order valence-corrected chi connectivity index (χ1v) is 6.80. The van der Waals surface area contributed by atoms with Crippen LogP contribution in [0, 0.1) is 17.0 Å². The van der Waals surface area contributed by atoms with Gasteiger partial charge in [0.05, 0.1) is 0 Å². The standard InChI is InChI=1S/C13H16F2N2S/c1-13(2)7-17-12(18-8-13)16-6-9-3-4-10(14)5-11(9)15/h3-5H,6-8H2,1-2H3,(H,16,17). The van der Waals surface area contributed by atoms with Gasteiger partial charge < -0.3 is 5.32 Å². The minimum absolute atomic E-state index is 0.219. The molecule has 1 aliphatic heterocycles. The van der Waals surface area contributed by atoms with E-state index in [1.165, 1.54) is 12.1 Å². The van der Waals surface area contributed by atoms with E-state index in [1.807, 2.05) is 0 Å². The number of amidine groups is 1. The maximum atomic E-state index is 13.4. The molecule has 1 aromatic carbocycles. The summed E-state index contributed by atoms with van der Waals surface area (Å²) >= 11 is 1.64. The Balaban J connectivity index is 1.94. The van der Waals surface area contributed by atoms with Gasteiger partial charge in [-0.15, -0.1) is 0 Å². The summed E-state index contributed by atoms with van der Waals surface area (Å²) in [5, 5.41) is 3.92. The summed E-state index contributed by atoms with van der Waals surface area (Å²) in [7, 11) is 0. The SMILES string of the molecule is CC1(C)CN=C(NCc2ccc(F)cc2F)SC1. The van der Waals surface area contributed by atoms with Gasteiger partial charge in [0.1, 0.15) is 11.6 Å². The first-order chi connectivity index (χ1) is 8.46. The topological polar surface area (TPSA) is 24.4 Å². The van der Waals surface area contributed by atoms with Crippen molar-refractivity contribution in [2.24, 2.45) is 10.4 Å². The second-order valence-corrected chi connectivity index (χ2v) is 6.13. The minimum atomic E-state index is -0.553. The molecule has 0 radical (unpaired) electrons. The normalized spacial score (nSPS) is 18.3. The molecule has 0 amide bonds. The molecule has 1 aliphatic rings. The molecule has 0 atom stereocenters. The highest BCUT2D eigenvalue weighted by Crippen LogP contribution is 2.27. The molecular weight excluding hydrogens is 254 g/mol. The third-order valence-electron chi connectivity index (χ3n) is 2.70. The van der Waals surface area contributed by atoms with Crippen molar-refractivity contribution in [1.29, 1.82) is 0 Å². The number of rotatable bonds is 2. The number of hydrogen-bond donors (Lipinski definition) is 1. The largest absolute Gasteiger partial charge is 0.361 e. The monoisotopic (exact) mass is 270 g/mol. The van der Waals surface area contributed by atoms with Crippen molar-refractivity contribution in [1.82, 2.24) is 5.32 Å². The molecule has 1 heterocycles. The van der Waals surface area contributed by atoms with Gasteiger partial charge in [-0.25, -0.2) is 8.78 Å². The van der Waals surface area contributed by atoms with Gasteiger partial charge in [-0.05, 0) is 11.5 Å². The van der Waals surface area contributed by atoms with Crippen LogP contribution in [-0.4, -0.2) is 17.5 Å². The maximum Gasteiger partial charge on any atom is 0.156 e. The van der Waals surface area contributed by atoms with Gasteiger partial charge in [-0.3, -0.25) is 4.99 Å². The van der Waals surface area contributed by atoms with Crippen molar-refractivity contribution in [2.45, 2.75) is 20.4 Å². The Morgan fingerprint density at radius 1 is 1.39 bits per heavy atom. The first-order valence-electron chi connectivity index (χ1n) is 5.81. The fourth-order valence-corrected chi connectivity index (χ4v) is 2.53. The highest BCUT2D eigenvalue weighted by molar-refractivity contribution is 8.13. The van der Waals surface area contributed by atoms with Gasteiger partial charge in [-0.2, -0.15) is 0 Å². The third kappa shape index (κ3) is 3.45. The summed E-state index contributed by atoms with van der Waals surface area (Å²) in [6, 6.07) is 3.62. The van der Waals surface area contributed by atoms with E-state index < -0.39 is 11.6 Å². The van der Waals surface area contributed by atoms with Gasteiger partial charge in [0.25, 0.3) is 0 Å². The van der Waals surface area contributed by atoms with Crippen LogP contribution in [0.5, 0.6) is 0 Å². The first kappa shape index (κ1) is 13.3. The van der Waals surface area contributed by atoms with Crippen LogP contribution < -0.4 is 5.32 Å². The molecule has 2 rings (SSSR count).